The molecule has 0 bridgehead atoms. The van der Waals surface area contributed by atoms with Gasteiger partial charge in [-0.2, -0.15) is 0 Å². The molecule has 2 N–H and O–H groups in total. The van der Waals surface area contributed by atoms with Gasteiger partial charge < -0.3 is 15.3 Å². The van der Waals surface area contributed by atoms with Crippen LogP contribution in [0.4, 0.5) is 5.82 Å². The van der Waals surface area contributed by atoms with Gasteiger partial charge in [-0.25, -0.2) is 4.98 Å². The normalized spacial score (nSPS) is 22.1. The van der Waals surface area contributed by atoms with E-state index in [1.807, 2.05) is 6.92 Å². The monoisotopic (exact) mass is 396 g/mol. The lowest BCUT2D eigenvalue weighted by atomic mass is 9.85. The van der Waals surface area contributed by atoms with Gasteiger partial charge in [-0.15, -0.1) is 0 Å². The molecule has 1 saturated carbocycles. The number of likely N-dealkylation sites (N-methyl/N-ethyl adjacent to an activating group) is 1. The number of para-hydroxylation sites is 1. The molecule has 1 aliphatic heterocycles. The quantitative estimate of drug-likeness (QED) is 0.714. The Morgan fingerprint density at radius 3 is 2.72 bits per heavy atom. The average Bonchev–Trinajstić information content (AvgIpc) is 2.71. The van der Waals surface area contributed by atoms with Gasteiger partial charge in [0.1, 0.15) is 5.82 Å². The van der Waals surface area contributed by atoms with Crippen molar-refractivity contribution in [1.29, 1.82) is 0 Å². The molecule has 0 radical (unpaired) electrons. The molecule has 2 aromatic rings. The molecule has 6 heteroatoms. The van der Waals surface area contributed by atoms with E-state index in [1.165, 1.54) is 30.2 Å². The lowest BCUT2D eigenvalue weighted by molar-refractivity contribution is -0.139. The van der Waals surface area contributed by atoms with Crippen LogP contribution in [0.1, 0.15) is 44.6 Å². The Morgan fingerprint density at radius 1 is 1.24 bits per heavy atom. The van der Waals surface area contributed by atoms with Crippen molar-refractivity contribution < 1.29 is 9.90 Å². The molecular weight excluding hydrogens is 364 g/mol. The number of nitrogens with zero attached hydrogens (tertiary/aromatic N) is 3. The number of hydrogen-bond acceptors (Lipinski definition) is 5. The van der Waals surface area contributed by atoms with Gasteiger partial charge in [0.25, 0.3) is 0 Å². The molecule has 1 aliphatic carbocycles. The van der Waals surface area contributed by atoms with Crippen LogP contribution in [0.3, 0.4) is 0 Å². The number of aliphatic carboxylic acids is 1. The summed E-state index contributed by atoms with van der Waals surface area (Å²) < 4.78 is 0. The Labute approximate surface area is 172 Å². The van der Waals surface area contributed by atoms with Crippen LogP contribution in [0.2, 0.25) is 0 Å². The number of carboxylic acid groups (broad SMARTS) is 1. The van der Waals surface area contributed by atoms with Gasteiger partial charge in [-0.3, -0.25) is 9.69 Å². The maximum Gasteiger partial charge on any atom is 0.317 e. The Morgan fingerprint density at radius 2 is 2.00 bits per heavy atom. The van der Waals surface area contributed by atoms with Crippen molar-refractivity contribution in [3.8, 4) is 0 Å². The zero-order valence-corrected chi connectivity index (χ0v) is 17.3. The first-order valence-corrected chi connectivity index (χ1v) is 11.0. The summed E-state index contributed by atoms with van der Waals surface area (Å²) in [5.74, 6) is 0.393. The van der Waals surface area contributed by atoms with E-state index in [-0.39, 0.29) is 6.54 Å². The van der Waals surface area contributed by atoms with E-state index in [0.29, 0.717) is 12.1 Å². The summed E-state index contributed by atoms with van der Waals surface area (Å²) in [6.45, 7) is 5.95. The first-order chi connectivity index (χ1) is 14.1. The average molecular weight is 397 g/mol. The first kappa shape index (κ1) is 20.1. The van der Waals surface area contributed by atoms with Crippen molar-refractivity contribution in [3.63, 3.8) is 0 Å². The van der Waals surface area contributed by atoms with Crippen molar-refractivity contribution in [1.82, 2.24) is 15.2 Å². The van der Waals surface area contributed by atoms with Crippen molar-refractivity contribution in [3.05, 3.63) is 35.9 Å². The Balaban J connectivity index is 1.43. The van der Waals surface area contributed by atoms with Crippen LogP contribution in [0, 0.1) is 0 Å². The minimum Gasteiger partial charge on any atom is -0.480 e. The molecule has 156 valence electrons. The summed E-state index contributed by atoms with van der Waals surface area (Å²) in [6, 6.07) is 11.5. The molecule has 0 atom stereocenters. The van der Waals surface area contributed by atoms with Crippen LogP contribution in [-0.2, 0) is 11.3 Å². The second kappa shape index (κ2) is 9.09. The molecule has 6 nitrogen and oxygen atoms in total. The third-order valence-corrected chi connectivity index (χ3v) is 6.39. The van der Waals surface area contributed by atoms with Gasteiger partial charge in [-0.05, 0) is 50.8 Å². The number of carboxylic acids is 1. The summed E-state index contributed by atoms with van der Waals surface area (Å²) in [6.07, 6.45) is 5.82. The SMILES string of the molecule is CCN(CC(=O)O)C1CC(NCc2cc3ccccc3nc2N2CCCCC2)C1. The van der Waals surface area contributed by atoms with Crippen LogP contribution in [0.25, 0.3) is 10.9 Å². The fourth-order valence-electron chi connectivity index (χ4n) is 4.64. The molecule has 2 aliphatic rings. The third-order valence-electron chi connectivity index (χ3n) is 6.39. The number of anilines is 1. The van der Waals surface area contributed by atoms with Crippen molar-refractivity contribution in [2.45, 2.75) is 57.7 Å². The standard InChI is InChI=1S/C23H32N4O2/c1-2-26(16-22(28)29)20-13-19(14-20)24-15-18-12-17-8-4-5-9-21(17)25-23(18)27-10-6-3-7-11-27/h4-5,8-9,12,19-20,24H,2-3,6-7,10-11,13-16H2,1H3,(H,28,29). The molecule has 1 aromatic carbocycles. The fourth-order valence-corrected chi connectivity index (χ4v) is 4.64. The molecule has 0 amide bonds. The van der Waals surface area contributed by atoms with Gasteiger partial charge in [0.15, 0.2) is 0 Å². The number of pyridine rings is 1. The molecule has 0 spiro atoms. The van der Waals surface area contributed by atoms with Gasteiger partial charge in [0.2, 0.25) is 0 Å². The Bertz CT molecular complexity index is 844. The smallest absolute Gasteiger partial charge is 0.317 e. The number of hydrogen-bond donors (Lipinski definition) is 2. The van der Waals surface area contributed by atoms with Gasteiger partial charge in [-0.1, -0.05) is 25.1 Å². The predicted octanol–water partition coefficient (Wildman–Crippen LogP) is 3.25. The molecule has 2 heterocycles. The van der Waals surface area contributed by atoms with E-state index in [4.69, 9.17) is 10.1 Å². The molecule has 29 heavy (non-hydrogen) atoms. The number of aromatic nitrogens is 1. The minimum atomic E-state index is -0.739. The predicted molar refractivity (Wildman–Crippen MR) is 116 cm³/mol. The summed E-state index contributed by atoms with van der Waals surface area (Å²) >= 11 is 0. The van der Waals surface area contributed by atoms with Crippen LogP contribution in [-0.4, -0.2) is 59.2 Å². The molecule has 2 fully saturated rings. The number of nitrogens with one attached hydrogen (secondary N) is 1. The minimum absolute atomic E-state index is 0.140. The zero-order valence-electron chi connectivity index (χ0n) is 17.3. The summed E-state index contributed by atoms with van der Waals surface area (Å²) in [7, 11) is 0. The number of benzene rings is 1. The first-order valence-electron chi connectivity index (χ1n) is 11.0. The lowest BCUT2D eigenvalue weighted by Gasteiger charge is -2.42. The maximum atomic E-state index is 11.0. The van der Waals surface area contributed by atoms with Gasteiger partial charge >= 0.3 is 5.97 Å². The van der Waals surface area contributed by atoms with Crippen LogP contribution in [0.15, 0.2) is 30.3 Å². The van der Waals surface area contributed by atoms with Gasteiger partial charge in [0, 0.05) is 42.7 Å². The molecule has 0 unspecified atom stereocenters. The van der Waals surface area contributed by atoms with E-state index >= 15 is 0 Å². The van der Waals surface area contributed by atoms with Crippen LogP contribution >= 0.6 is 0 Å². The number of carbonyl (C=O) groups is 1. The number of rotatable bonds is 8. The molecule has 1 aromatic heterocycles. The third kappa shape index (κ3) is 4.70. The van der Waals surface area contributed by atoms with E-state index in [0.717, 1.165) is 50.4 Å². The summed E-state index contributed by atoms with van der Waals surface area (Å²) in [5, 5.41) is 14.0. The van der Waals surface area contributed by atoms with E-state index in [2.05, 4.69) is 45.4 Å². The van der Waals surface area contributed by atoms with E-state index < -0.39 is 5.97 Å². The fraction of sp³-hybridized carbons (Fsp3) is 0.565. The highest BCUT2D eigenvalue weighted by Crippen LogP contribution is 2.29. The van der Waals surface area contributed by atoms with Crippen molar-refractivity contribution >= 4 is 22.7 Å². The lowest BCUT2D eigenvalue weighted by Crippen LogP contribution is -2.53. The topological polar surface area (TPSA) is 68.7 Å². The Hall–Kier alpha value is -2.18. The molecule has 4 rings (SSSR count). The molecule has 1 saturated heterocycles. The maximum absolute atomic E-state index is 11.0. The van der Waals surface area contributed by atoms with E-state index in [9.17, 15) is 4.79 Å². The van der Waals surface area contributed by atoms with Crippen LogP contribution in [0.5, 0.6) is 0 Å². The zero-order chi connectivity index (χ0) is 20.2. The van der Waals surface area contributed by atoms with E-state index in [1.54, 1.807) is 0 Å². The Kier molecular flexibility index (Phi) is 6.31. The molecular formula is C23H32N4O2. The largest absolute Gasteiger partial charge is 0.480 e. The van der Waals surface area contributed by atoms with Gasteiger partial charge in [0.05, 0.1) is 12.1 Å². The van der Waals surface area contributed by atoms with Crippen LogP contribution < -0.4 is 10.2 Å². The number of piperidine rings is 1. The highest BCUT2D eigenvalue weighted by molar-refractivity contribution is 5.81. The summed E-state index contributed by atoms with van der Waals surface area (Å²) in [5.41, 5.74) is 2.33. The second-order valence-electron chi connectivity index (χ2n) is 8.37. The highest BCUT2D eigenvalue weighted by atomic mass is 16.4. The van der Waals surface area contributed by atoms with Crippen molar-refractivity contribution in [2.75, 3.05) is 31.1 Å². The highest BCUT2D eigenvalue weighted by Gasteiger charge is 2.33. The van der Waals surface area contributed by atoms with Crippen molar-refractivity contribution in [2.24, 2.45) is 0 Å². The number of fused-ring (bicyclic) bond motifs is 1. The summed E-state index contributed by atoms with van der Waals surface area (Å²) in [4.78, 5) is 20.6. The second-order valence-corrected chi connectivity index (χ2v) is 8.37.